The zero-order valence-corrected chi connectivity index (χ0v) is 20.9. The van der Waals surface area contributed by atoms with Crippen LogP contribution in [0.4, 0.5) is 0 Å². The Morgan fingerprint density at radius 1 is 1.32 bits per heavy atom. The van der Waals surface area contributed by atoms with Gasteiger partial charge in [-0.1, -0.05) is 23.2 Å². The van der Waals surface area contributed by atoms with Gasteiger partial charge in [0.1, 0.15) is 17.1 Å². The number of rotatable bonds is 8. The van der Waals surface area contributed by atoms with E-state index in [0.29, 0.717) is 39.4 Å². The van der Waals surface area contributed by atoms with Crippen molar-refractivity contribution in [1.82, 2.24) is 10.2 Å². The molecule has 2 aliphatic rings. The third kappa shape index (κ3) is 5.21. The lowest BCUT2D eigenvalue weighted by Gasteiger charge is -2.49. The molecular weight excluding hydrogens is 519 g/mol. The summed E-state index contributed by atoms with van der Waals surface area (Å²) in [4.78, 5) is 39.3. The molecule has 0 aliphatic carbocycles. The van der Waals surface area contributed by atoms with Gasteiger partial charge in [0.2, 0.25) is 5.91 Å². The van der Waals surface area contributed by atoms with Crippen LogP contribution in [0, 0.1) is 0 Å². The number of β-lactam (4-membered cyclic amide) rings is 1. The van der Waals surface area contributed by atoms with Crippen LogP contribution in [0.15, 0.2) is 58.9 Å². The van der Waals surface area contributed by atoms with Gasteiger partial charge in [-0.2, -0.15) is 0 Å². The highest BCUT2D eigenvalue weighted by Crippen LogP contribution is 2.40. The van der Waals surface area contributed by atoms with Crippen LogP contribution in [0.1, 0.15) is 5.56 Å². The Labute approximate surface area is 214 Å². The average molecular weight is 540 g/mol. The van der Waals surface area contributed by atoms with Gasteiger partial charge in [-0.3, -0.25) is 14.5 Å². The summed E-state index contributed by atoms with van der Waals surface area (Å²) in [7, 11) is 0. The van der Waals surface area contributed by atoms with Crippen molar-refractivity contribution in [3.8, 4) is 0 Å². The molecule has 178 valence electrons. The van der Waals surface area contributed by atoms with E-state index in [-0.39, 0.29) is 17.4 Å². The lowest BCUT2D eigenvalue weighted by molar-refractivity contribution is -0.689. The number of carbonyl (C=O) groups is 3. The van der Waals surface area contributed by atoms with Crippen LogP contribution in [0.5, 0.6) is 0 Å². The van der Waals surface area contributed by atoms with Crippen LogP contribution in [-0.2, 0) is 27.5 Å². The molecule has 1 fully saturated rings. The molecule has 0 bridgehead atoms. The van der Waals surface area contributed by atoms with Gasteiger partial charge in [0, 0.05) is 39.4 Å². The molecule has 1 aromatic carbocycles. The molecule has 8 nitrogen and oxygen atoms in total. The number of aromatic nitrogens is 1. The zero-order chi connectivity index (χ0) is 24.4. The van der Waals surface area contributed by atoms with Crippen molar-refractivity contribution < 1.29 is 24.1 Å². The first-order valence-corrected chi connectivity index (χ1v) is 13.0. The van der Waals surface area contributed by atoms with E-state index in [1.165, 1.54) is 28.4 Å². The number of benzene rings is 1. The molecule has 2 atom stereocenters. The standard InChI is InChI=1S/C22H20Cl2N4O4S2/c23-14-3-4-15(24)16(6-14)33-11-17(29)26-18-20(30)28-19(22(31)32)13(10-34-21(18)28)9-27-5-1-2-12(7-25)8-27/h1-6,8,18,21H,7,9-11,25H2,(H-,26,29,31,32)/p+1/t18-,21-/m1/s1. The quantitative estimate of drug-likeness (QED) is 0.267. The van der Waals surface area contributed by atoms with E-state index in [9.17, 15) is 19.5 Å². The predicted octanol–water partition coefficient (Wildman–Crippen LogP) is 2.27. The van der Waals surface area contributed by atoms with E-state index in [0.717, 1.165) is 5.56 Å². The molecule has 0 spiro atoms. The SMILES string of the molecule is NCc1ccc[n+](CC2=C(C(=O)O)N3C(=O)[C@@H](NC(=O)CSc4cc(Cl)ccc4Cl)[C@H]3SC2)c1. The summed E-state index contributed by atoms with van der Waals surface area (Å²) in [6.07, 6.45) is 3.68. The second kappa shape index (κ2) is 10.6. The zero-order valence-electron chi connectivity index (χ0n) is 17.7. The van der Waals surface area contributed by atoms with Crippen molar-refractivity contribution in [3.63, 3.8) is 0 Å². The van der Waals surface area contributed by atoms with E-state index in [1.807, 2.05) is 29.1 Å². The number of halogens is 2. The minimum atomic E-state index is -1.17. The van der Waals surface area contributed by atoms with Crippen molar-refractivity contribution in [2.24, 2.45) is 5.73 Å². The molecule has 0 saturated carbocycles. The molecule has 4 rings (SSSR count). The maximum atomic E-state index is 12.8. The van der Waals surface area contributed by atoms with Crippen molar-refractivity contribution >= 4 is 64.5 Å². The Bertz CT molecular complexity index is 1190. The molecule has 0 radical (unpaired) electrons. The minimum Gasteiger partial charge on any atom is -0.477 e. The fourth-order valence-corrected chi connectivity index (χ4v) is 6.41. The van der Waals surface area contributed by atoms with Gasteiger partial charge in [-0.15, -0.1) is 23.5 Å². The molecule has 12 heteroatoms. The smallest absolute Gasteiger partial charge is 0.352 e. The monoisotopic (exact) mass is 539 g/mol. The topological polar surface area (TPSA) is 117 Å². The average Bonchev–Trinajstić information content (AvgIpc) is 2.82. The van der Waals surface area contributed by atoms with Gasteiger partial charge in [0.25, 0.3) is 5.91 Å². The van der Waals surface area contributed by atoms with Crippen LogP contribution >= 0.6 is 46.7 Å². The molecule has 0 unspecified atom stereocenters. The van der Waals surface area contributed by atoms with Crippen molar-refractivity contribution in [3.05, 3.63) is 69.6 Å². The summed E-state index contributed by atoms with van der Waals surface area (Å²) >= 11 is 14.7. The molecule has 34 heavy (non-hydrogen) atoms. The number of hydrogen-bond donors (Lipinski definition) is 3. The first-order chi connectivity index (χ1) is 16.3. The van der Waals surface area contributed by atoms with Gasteiger partial charge in [0.05, 0.1) is 10.8 Å². The largest absolute Gasteiger partial charge is 0.477 e. The Kier molecular flexibility index (Phi) is 7.73. The number of carbonyl (C=O) groups excluding carboxylic acids is 2. The van der Waals surface area contributed by atoms with Crippen LogP contribution in [0.25, 0.3) is 0 Å². The normalized spacial score (nSPS) is 19.5. The van der Waals surface area contributed by atoms with Gasteiger partial charge in [0.15, 0.2) is 18.9 Å². The Morgan fingerprint density at radius 2 is 2.12 bits per heavy atom. The summed E-state index contributed by atoms with van der Waals surface area (Å²) in [5, 5.41) is 13.1. The van der Waals surface area contributed by atoms with Crippen LogP contribution in [-0.4, -0.2) is 50.7 Å². The molecule has 2 aliphatic heterocycles. The first kappa shape index (κ1) is 24.9. The number of carboxylic acid groups (broad SMARTS) is 1. The first-order valence-electron chi connectivity index (χ1n) is 10.2. The Hall–Kier alpha value is -2.24. The summed E-state index contributed by atoms with van der Waals surface area (Å²) in [5.74, 6) is -1.48. The molecular formula is C22H21Cl2N4O4S2+. The van der Waals surface area contributed by atoms with E-state index in [1.54, 1.807) is 18.2 Å². The van der Waals surface area contributed by atoms with Gasteiger partial charge < -0.3 is 16.2 Å². The number of pyridine rings is 1. The van der Waals surface area contributed by atoms with E-state index >= 15 is 0 Å². The summed E-state index contributed by atoms with van der Waals surface area (Å²) in [6.45, 7) is 0.698. The van der Waals surface area contributed by atoms with Crippen molar-refractivity contribution in [2.75, 3.05) is 11.5 Å². The number of nitrogens with two attached hydrogens (primary N) is 1. The molecule has 2 aromatic rings. The maximum Gasteiger partial charge on any atom is 0.352 e. The summed E-state index contributed by atoms with van der Waals surface area (Å²) < 4.78 is 1.85. The number of carboxylic acids is 1. The van der Waals surface area contributed by atoms with E-state index in [4.69, 9.17) is 28.9 Å². The number of thioether (sulfide) groups is 2. The lowest BCUT2D eigenvalue weighted by Crippen LogP contribution is -2.71. The fourth-order valence-electron chi connectivity index (χ4n) is 3.77. The lowest BCUT2D eigenvalue weighted by atomic mass is 10.0. The van der Waals surface area contributed by atoms with Crippen molar-refractivity contribution in [2.45, 2.75) is 29.4 Å². The highest BCUT2D eigenvalue weighted by molar-refractivity contribution is 8.00. The number of nitrogens with zero attached hydrogens (tertiary/aromatic N) is 2. The fraction of sp³-hybridized carbons (Fsp3) is 0.273. The van der Waals surface area contributed by atoms with E-state index < -0.39 is 23.3 Å². The van der Waals surface area contributed by atoms with Crippen LogP contribution < -0.4 is 15.6 Å². The molecule has 1 saturated heterocycles. The number of aliphatic carboxylic acids is 1. The maximum absolute atomic E-state index is 12.8. The summed E-state index contributed by atoms with van der Waals surface area (Å²) in [6, 6.07) is 7.93. The Morgan fingerprint density at radius 3 is 2.85 bits per heavy atom. The second-order valence-electron chi connectivity index (χ2n) is 7.66. The van der Waals surface area contributed by atoms with E-state index in [2.05, 4.69) is 5.32 Å². The molecule has 3 heterocycles. The van der Waals surface area contributed by atoms with Gasteiger partial charge in [-0.05, 0) is 24.3 Å². The second-order valence-corrected chi connectivity index (χ2v) is 10.6. The Balaban J connectivity index is 1.43. The van der Waals surface area contributed by atoms with Crippen LogP contribution in [0.3, 0.4) is 0 Å². The van der Waals surface area contributed by atoms with Gasteiger partial charge in [-0.25, -0.2) is 9.36 Å². The third-order valence-corrected chi connectivity index (χ3v) is 8.42. The summed E-state index contributed by atoms with van der Waals surface area (Å²) in [5.41, 5.74) is 7.21. The minimum absolute atomic E-state index is 0.0232. The molecule has 1 aromatic heterocycles. The number of amides is 2. The molecule has 4 N–H and O–H groups in total. The van der Waals surface area contributed by atoms with Crippen molar-refractivity contribution in [1.29, 1.82) is 0 Å². The van der Waals surface area contributed by atoms with Gasteiger partial charge >= 0.3 is 5.97 Å². The highest BCUT2D eigenvalue weighted by Gasteiger charge is 2.54. The predicted molar refractivity (Wildman–Crippen MR) is 131 cm³/mol. The third-order valence-electron chi connectivity index (χ3n) is 5.35. The highest BCUT2D eigenvalue weighted by atomic mass is 35.5. The molecule has 2 amide bonds. The number of hydrogen-bond acceptors (Lipinski definition) is 6. The number of nitrogens with one attached hydrogen (secondary N) is 1. The number of fused-ring (bicyclic) bond motifs is 1. The van der Waals surface area contributed by atoms with Crippen LogP contribution in [0.2, 0.25) is 10.0 Å².